The molecule has 0 unspecified atom stereocenters. The van der Waals surface area contributed by atoms with E-state index in [2.05, 4.69) is 20.6 Å². The average Bonchev–Trinajstić information content (AvgIpc) is 3.23. The van der Waals surface area contributed by atoms with Gasteiger partial charge < -0.3 is 21.4 Å². The average molecular weight is 495 g/mol. The number of H-pyrrole nitrogens is 1. The summed E-state index contributed by atoms with van der Waals surface area (Å²) in [6.07, 6.45) is -4.95. The Morgan fingerprint density at radius 1 is 0.917 bits per heavy atom. The number of benzene rings is 3. The van der Waals surface area contributed by atoms with Crippen molar-refractivity contribution in [3.05, 3.63) is 94.8 Å². The molecule has 0 fully saturated rings. The molecule has 184 valence electrons. The predicted molar refractivity (Wildman–Crippen MR) is 126 cm³/mol. The summed E-state index contributed by atoms with van der Waals surface area (Å²) in [6.45, 7) is 0.204. The number of hydrogen-bond acceptors (Lipinski definition) is 4. The number of nitrogens with two attached hydrogens (primary N) is 1. The zero-order valence-electron chi connectivity index (χ0n) is 18.6. The lowest BCUT2D eigenvalue weighted by atomic mass is 10.1. The molecule has 0 saturated carbocycles. The van der Waals surface area contributed by atoms with Crippen molar-refractivity contribution in [2.24, 2.45) is 5.73 Å². The van der Waals surface area contributed by atoms with Crippen LogP contribution in [0.4, 0.5) is 18.9 Å². The van der Waals surface area contributed by atoms with E-state index in [4.69, 9.17) is 5.73 Å². The number of imidazole rings is 1. The zero-order valence-corrected chi connectivity index (χ0v) is 18.6. The molecule has 0 aliphatic heterocycles. The maximum atomic E-state index is 13.4. The fourth-order valence-electron chi connectivity index (χ4n) is 3.66. The molecule has 1 aromatic heterocycles. The molecule has 4 aromatic rings. The van der Waals surface area contributed by atoms with Gasteiger partial charge in [-0.05, 0) is 29.8 Å². The highest BCUT2D eigenvalue weighted by molar-refractivity contribution is 6.10. The molecule has 11 heteroatoms. The van der Waals surface area contributed by atoms with E-state index in [1.54, 1.807) is 0 Å². The Morgan fingerprint density at radius 2 is 1.61 bits per heavy atom. The Labute approximate surface area is 202 Å². The van der Waals surface area contributed by atoms with Gasteiger partial charge in [-0.1, -0.05) is 42.5 Å². The van der Waals surface area contributed by atoms with Crippen molar-refractivity contribution in [3.8, 4) is 0 Å². The van der Waals surface area contributed by atoms with Gasteiger partial charge in [-0.3, -0.25) is 14.4 Å². The van der Waals surface area contributed by atoms with E-state index in [-0.39, 0.29) is 41.1 Å². The highest BCUT2D eigenvalue weighted by Gasteiger charge is 2.35. The number of rotatable bonds is 7. The maximum Gasteiger partial charge on any atom is 0.417 e. The molecule has 0 radical (unpaired) electrons. The first kappa shape index (κ1) is 24.5. The number of halogens is 3. The van der Waals surface area contributed by atoms with Crippen LogP contribution in [0, 0.1) is 0 Å². The lowest BCUT2D eigenvalue weighted by molar-refractivity contribution is -0.137. The number of anilines is 1. The fraction of sp³-hybridized carbons (Fsp3) is 0.120. The van der Waals surface area contributed by atoms with Gasteiger partial charge in [0.15, 0.2) is 0 Å². The Kier molecular flexibility index (Phi) is 6.73. The zero-order chi connectivity index (χ0) is 25.9. The molecular formula is C25H20F3N5O3. The van der Waals surface area contributed by atoms with E-state index in [0.29, 0.717) is 0 Å². The minimum absolute atomic E-state index is 0.0507. The van der Waals surface area contributed by atoms with Crippen molar-refractivity contribution < 1.29 is 27.6 Å². The second-order valence-electron chi connectivity index (χ2n) is 7.91. The predicted octanol–water partition coefficient (Wildman–Crippen LogP) is 3.79. The smallest absolute Gasteiger partial charge is 0.369 e. The molecule has 0 atom stereocenters. The maximum absolute atomic E-state index is 13.4. The summed E-state index contributed by atoms with van der Waals surface area (Å²) in [5.74, 6) is -2.00. The molecule has 0 aliphatic carbocycles. The first-order valence-electron chi connectivity index (χ1n) is 10.7. The Balaban J connectivity index is 1.69. The third kappa shape index (κ3) is 5.52. The molecular weight excluding hydrogens is 475 g/mol. The standard InChI is InChI=1S/C25H20F3N5O3/c26-25(27,28)18-9-5-4-8-16(18)24(36)31-15-10-17(23(35)30-13-14-6-2-1-3-7-14)22-19(11-15)32-21(33-22)12-20(29)34/h1-11H,12-13H2,(H2,29,34)(H,30,35)(H,31,36)(H,32,33). The number of amides is 3. The van der Waals surface area contributed by atoms with Crippen molar-refractivity contribution in [2.75, 3.05) is 5.32 Å². The summed E-state index contributed by atoms with van der Waals surface area (Å²) < 4.78 is 40.1. The Bertz CT molecular complexity index is 1450. The Hall–Kier alpha value is -4.67. The molecule has 8 nitrogen and oxygen atoms in total. The van der Waals surface area contributed by atoms with E-state index in [1.165, 1.54) is 24.3 Å². The van der Waals surface area contributed by atoms with Crippen LogP contribution in [0.1, 0.15) is 37.7 Å². The number of primary amides is 1. The molecule has 0 saturated heterocycles. The van der Waals surface area contributed by atoms with Gasteiger partial charge in [-0.2, -0.15) is 13.2 Å². The number of aromatic nitrogens is 2. The second kappa shape index (κ2) is 9.90. The first-order valence-corrected chi connectivity index (χ1v) is 10.7. The number of carbonyl (C=O) groups excluding carboxylic acids is 3. The topological polar surface area (TPSA) is 130 Å². The van der Waals surface area contributed by atoms with Crippen LogP contribution in [0.2, 0.25) is 0 Å². The van der Waals surface area contributed by atoms with Crippen LogP contribution in [-0.4, -0.2) is 27.7 Å². The van der Waals surface area contributed by atoms with Gasteiger partial charge in [0.05, 0.1) is 28.6 Å². The van der Waals surface area contributed by atoms with E-state index in [9.17, 15) is 27.6 Å². The number of hydrogen-bond donors (Lipinski definition) is 4. The number of alkyl halides is 3. The molecule has 3 amide bonds. The second-order valence-corrected chi connectivity index (χ2v) is 7.91. The van der Waals surface area contributed by atoms with Gasteiger partial charge in [-0.25, -0.2) is 4.98 Å². The van der Waals surface area contributed by atoms with E-state index < -0.39 is 35.0 Å². The van der Waals surface area contributed by atoms with E-state index >= 15 is 0 Å². The number of carbonyl (C=O) groups is 3. The lowest BCUT2D eigenvalue weighted by Crippen LogP contribution is -2.23. The molecule has 0 aliphatic rings. The lowest BCUT2D eigenvalue weighted by Gasteiger charge is -2.13. The van der Waals surface area contributed by atoms with Crippen LogP contribution in [0.3, 0.4) is 0 Å². The quantitative estimate of drug-likeness (QED) is 0.311. The number of fused-ring (bicyclic) bond motifs is 1. The summed E-state index contributed by atoms with van der Waals surface area (Å²) >= 11 is 0. The summed E-state index contributed by atoms with van der Waals surface area (Å²) in [6, 6.07) is 16.2. The molecule has 4 rings (SSSR count). The van der Waals surface area contributed by atoms with E-state index in [1.807, 2.05) is 30.3 Å². The van der Waals surface area contributed by atoms with Crippen LogP contribution in [0.25, 0.3) is 11.0 Å². The van der Waals surface area contributed by atoms with Crippen molar-refractivity contribution >= 4 is 34.4 Å². The summed E-state index contributed by atoms with van der Waals surface area (Å²) in [5, 5.41) is 5.18. The largest absolute Gasteiger partial charge is 0.417 e. The van der Waals surface area contributed by atoms with Gasteiger partial charge in [0, 0.05) is 12.2 Å². The van der Waals surface area contributed by atoms with Crippen LogP contribution in [0.5, 0.6) is 0 Å². The highest BCUT2D eigenvalue weighted by Crippen LogP contribution is 2.32. The van der Waals surface area contributed by atoms with Crippen LogP contribution in [-0.2, 0) is 23.9 Å². The van der Waals surface area contributed by atoms with Crippen molar-refractivity contribution in [1.82, 2.24) is 15.3 Å². The van der Waals surface area contributed by atoms with Crippen LogP contribution in [0.15, 0.2) is 66.7 Å². The highest BCUT2D eigenvalue weighted by atomic mass is 19.4. The molecule has 3 aromatic carbocycles. The minimum atomic E-state index is -4.73. The number of nitrogens with zero attached hydrogens (tertiary/aromatic N) is 1. The van der Waals surface area contributed by atoms with Crippen molar-refractivity contribution in [1.29, 1.82) is 0 Å². The van der Waals surface area contributed by atoms with Crippen molar-refractivity contribution in [2.45, 2.75) is 19.1 Å². The van der Waals surface area contributed by atoms with Crippen LogP contribution >= 0.6 is 0 Å². The van der Waals surface area contributed by atoms with Gasteiger partial charge in [0.25, 0.3) is 11.8 Å². The Morgan fingerprint density at radius 3 is 2.31 bits per heavy atom. The molecule has 36 heavy (non-hydrogen) atoms. The third-order valence-corrected chi connectivity index (χ3v) is 5.25. The third-order valence-electron chi connectivity index (χ3n) is 5.25. The first-order chi connectivity index (χ1) is 17.1. The summed E-state index contributed by atoms with van der Waals surface area (Å²) in [4.78, 5) is 44.3. The van der Waals surface area contributed by atoms with E-state index in [0.717, 1.165) is 17.7 Å². The summed E-state index contributed by atoms with van der Waals surface area (Å²) in [5.41, 5.74) is 5.03. The summed E-state index contributed by atoms with van der Waals surface area (Å²) in [7, 11) is 0. The van der Waals surface area contributed by atoms with Gasteiger partial charge in [-0.15, -0.1) is 0 Å². The fourth-order valence-corrected chi connectivity index (χ4v) is 3.66. The molecule has 0 spiro atoms. The molecule has 5 N–H and O–H groups in total. The van der Waals surface area contributed by atoms with Gasteiger partial charge in [0.1, 0.15) is 11.3 Å². The molecule has 1 heterocycles. The number of aromatic amines is 1. The van der Waals surface area contributed by atoms with Crippen LogP contribution < -0.4 is 16.4 Å². The van der Waals surface area contributed by atoms with Gasteiger partial charge in [0.2, 0.25) is 5.91 Å². The van der Waals surface area contributed by atoms with Crippen molar-refractivity contribution in [3.63, 3.8) is 0 Å². The SMILES string of the molecule is NC(=O)Cc1nc2c(C(=O)NCc3ccccc3)cc(NC(=O)c3ccccc3C(F)(F)F)cc2[nH]1. The van der Waals surface area contributed by atoms with Gasteiger partial charge >= 0.3 is 6.18 Å². The minimum Gasteiger partial charge on any atom is -0.369 e. The normalized spacial score (nSPS) is 11.3. The monoisotopic (exact) mass is 495 g/mol. The molecule has 0 bridgehead atoms. The number of nitrogens with one attached hydrogen (secondary N) is 3.